The summed E-state index contributed by atoms with van der Waals surface area (Å²) < 4.78 is 29.6. The van der Waals surface area contributed by atoms with Gasteiger partial charge in [0, 0.05) is 24.9 Å². The summed E-state index contributed by atoms with van der Waals surface area (Å²) in [4.78, 5) is 18.4. The number of nitrogens with zero attached hydrogens (tertiary/aromatic N) is 3. The Labute approximate surface area is 171 Å². The van der Waals surface area contributed by atoms with Crippen molar-refractivity contribution >= 4 is 23.2 Å². The number of hydrogen-bond donors (Lipinski definition) is 0. The first kappa shape index (κ1) is 19.2. The van der Waals surface area contributed by atoms with Gasteiger partial charge >= 0.3 is 0 Å². The third kappa shape index (κ3) is 3.63. The van der Waals surface area contributed by atoms with Gasteiger partial charge in [0.25, 0.3) is 5.89 Å². The first-order valence-electron chi connectivity index (χ1n) is 8.81. The minimum atomic E-state index is -0.464. The van der Waals surface area contributed by atoms with Gasteiger partial charge in [-0.1, -0.05) is 16.8 Å². The molecule has 0 radical (unpaired) electrons. The van der Waals surface area contributed by atoms with Gasteiger partial charge in [-0.25, -0.2) is 4.39 Å². The highest BCUT2D eigenvalue weighted by molar-refractivity contribution is 6.33. The molecule has 0 spiro atoms. The molecular weight excluding hydrogens is 401 g/mol. The molecule has 0 saturated carbocycles. The molecule has 4 rings (SSSR count). The van der Waals surface area contributed by atoms with Crippen molar-refractivity contribution in [3.63, 3.8) is 0 Å². The molecule has 0 N–H and O–H groups in total. The molecule has 1 amide bonds. The number of benzene rings is 2. The van der Waals surface area contributed by atoms with Crippen LogP contribution in [0.3, 0.4) is 0 Å². The lowest BCUT2D eigenvalue weighted by Crippen LogP contribution is -2.24. The molecule has 150 valence electrons. The molecule has 7 nitrogen and oxygen atoms in total. The van der Waals surface area contributed by atoms with Crippen LogP contribution in [-0.2, 0) is 4.79 Å². The molecule has 0 bridgehead atoms. The molecule has 0 aliphatic carbocycles. The Morgan fingerprint density at radius 1 is 1.21 bits per heavy atom. The molecular formula is C20H17ClFN3O4. The van der Waals surface area contributed by atoms with Gasteiger partial charge in [-0.3, -0.25) is 4.79 Å². The summed E-state index contributed by atoms with van der Waals surface area (Å²) >= 11 is 6.14. The lowest BCUT2D eigenvalue weighted by atomic mass is 10.1. The van der Waals surface area contributed by atoms with E-state index in [0.29, 0.717) is 33.6 Å². The van der Waals surface area contributed by atoms with Crippen molar-refractivity contribution in [3.8, 4) is 23.0 Å². The van der Waals surface area contributed by atoms with Crippen molar-refractivity contribution in [2.45, 2.75) is 12.3 Å². The van der Waals surface area contributed by atoms with Gasteiger partial charge in [-0.15, -0.1) is 0 Å². The molecule has 1 unspecified atom stereocenters. The summed E-state index contributed by atoms with van der Waals surface area (Å²) in [5.41, 5.74) is 0.945. The van der Waals surface area contributed by atoms with E-state index in [0.717, 1.165) is 0 Å². The number of amides is 1. The van der Waals surface area contributed by atoms with Crippen LogP contribution in [0.15, 0.2) is 40.9 Å². The minimum Gasteiger partial charge on any atom is -0.497 e. The van der Waals surface area contributed by atoms with Crippen molar-refractivity contribution < 1.29 is 23.2 Å². The lowest BCUT2D eigenvalue weighted by Gasteiger charge is -2.17. The van der Waals surface area contributed by atoms with Crippen LogP contribution in [0.1, 0.15) is 18.2 Å². The Morgan fingerprint density at radius 2 is 2.03 bits per heavy atom. The highest BCUT2D eigenvalue weighted by Gasteiger charge is 2.35. The number of halogens is 2. The van der Waals surface area contributed by atoms with E-state index < -0.39 is 5.82 Å². The van der Waals surface area contributed by atoms with E-state index in [4.69, 9.17) is 25.6 Å². The molecule has 1 aromatic heterocycles. The van der Waals surface area contributed by atoms with Crippen LogP contribution in [0.2, 0.25) is 5.02 Å². The Bertz CT molecular complexity index is 1070. The average Bonchev–Trinajstić information content (AvgIpc) is 3.36. The van der Waals surface area contributed by atoms with Gasteiger partial charge in [0.2, 0.25) is 5.91 Å². The van der Waals surface area contributed by atoms with Gasteiger partial charge in [0.1, 0.15) is 17.3 Å². The third-order valence-electron chi connectivity index (χ3n) is 4.77. The van der Waals surface area contributed by atoms with Crippen LogP contribution in [0.25, 0.3) is 11.5 Å². The maximum absolute atomic E-state index is 13.6. The van der Waals surface area contributed by atoms with Crippen molar-refractivity contribution in [1.29, 1.82) is 0 Å². The van der Waals surface area contributed by atoms with Crippen LogP contribution in [0, 0.1) is 5.82 Å². The van der Waals surface area contributed by atoms with E-state index in [-0.39, 0.29) is 30.7 Å². The summed E-state index contributed by atoms with van der Waals surface area (Å²) in [7, 11) is 3.10. The topological polar surface area (TPSA) is 77.7 Å². The molecule has 1 atom stereocenters. The largest absolute Gasteiger partial charge is 0.497 e. The molecule has 1 saturated heterocycles. The van der Waals surface area contributed by atoms with Gasteiger partial charge < -0.3 is 18.9 Å². The predicted octanol–water partition coefficient (Wildman–Crippen LogP) is 4.07. The fraction of sp³-hybridized carbons (Fsp3) is 0.250. The Balaban J connectivity index is 1.59. The number of aromatic nitrogens is 2. The van der Waals surface area contributed by atoms with Gasteiger partial charge in [-0.05, 0) is 30.3 Å². The van der Waals surface area contributed by atoms with E-state index in [9.17, 15) is 9.18 Å². The molecule has 9 heteroatoms. The first-order chi connectivity index (χ1) is 14.0. The van der Waals surface area contributed by atoms with E-state index in [2.05, 4.69) is 10.1 Å². The molecule has 29 heavy (non-hydrogen) atoms. The number of methoxy groups -OCH3 is 2. The average molecular weight is 418 g/mol. The number of rotatable bonds is 5. The quantitative estimate of drug-likeness (QED) is 0.622. The first-order valence-corrected chi connectivity index (χ1v) is 9.19. The molecule has 1 fully saturated rings. The Kier molecular flexibility index (Phi) is 5.10. The van der Waals surface area contributed by atoms with Gasteiger partial charge in [-0.2, -0.15) is 4.98 Å². The predicted molar refractivity (Wildman–Crippen MR) is 104 cm³/mol. The normalized spacial score (nSPS) is 16.3. The third-order valence-corrected chi connectivity index (χ3v) is 5.09. The van der Waals surface area contributed by atoms with E-state index in [1.165, 1.54) is 30.2 Å². The van der Waals surface area contributed by atoms with Crippen molar-refractivity contribution in [2.75, 3.05) is 25.7 Å². The highest BCUT2D eigenvalue weighted by Crippen LogP contribution is 2.37. The monoisotopic (exact) mass is 417 g/mol. The second-order valence-electron chi connectivity index (χ2n) is 6.53. The van der Waals surface area contributed by atoms with Gasteiger partial charge in [0.05, 0.1) is 30.5 Å². The van der Waals surface area contributed by atoms with Crippen LogP contribution in [0.5, 0.6) is 11.5 Å². The molecule has 2 heterocycles. The van der Waals surface area contributed by atoms with E-state index >= 15 is 0 Å². The summed E-state index contributed by atoms with van der Waals surface area (Å²) in [6.07, 6.45) is 0.172. The molecule has 3 aromatic rings. The SMILES string of the molecule is COc1ccc(-c2nc(C3CC(=O)N(c4cc(F)ccc4Cl)C3)no2)c(OC)c1. The minimum absolute atomic E-state index is 0.172. The summed E-state index contributed by atoms with van der Waals surface area (Å²) in [5.74, 6) is 0.869. The standard InChI is InChI=1S/C20H17ClFN3O4/c1-27-13-4-5-14(17(9-13)28-2)20-23-19(24-29-20)11-7-18(26)25(10-11)16-8-12(22)3-6-15(16)21/h3-6,8-9,11H,7,10H2,1-2H3. The van der Waals surface area contributed by atoms with Crippen molar-refractivity contribution in [2.24, 2.45) is 0 Å². The Hall–Kier alpha value is -3.13. The van der Waals surface area contributed by atoms with Crippen LogP contribution in [-0.4, -0.2) is 36.8 Å². The second kappa shape index (κ2) is 7.71. The number of carbonyl (C=O) groups is 1. The summed E-state index contributed by atoms with van der Waals surface area (Å²) in [6.45, 7) is 0.278. The van der Waals surface area contributed by atoms with Crippen LogP contribution in [0.4, 0.5) is 10.1 Å². The number of ether oxygens (including phenoxy) is 2. The highest BCUT2D eigenvalue weighted by atomic mass is 35.5. The number of carbonyl (C=O) groups excluding carboxylic acids is 1. The molecule has 1 aliphatic heterocycles. The summed E-state index contributed by atoms with van der Waals surface area (Å²) in [5, 5.41) is 4.34. The zero-order chi connectivity index (χ0) is 20.5. The van der Waals surface area contributed by atoms with Crippen molar-refractivity contribution in [1.82, 2.24) is 10.1 Å². The van der Waals surface area contributed by atoms with Crippen molar-refractivity contribution in [3.05, 3.63) is 53.1 Å². The number of hydrogen-bond acceptors (Lipinski definition) is 6. The maximum atomic E-state index is 13.6. The fourth-order valence-corrected chi connectivity index (χ4v) is 3.51. The zero-order valence-corrected chi connectivity index (χ0v) is 16.4. The smallest absolute Gasteiger partial charge is 0.261 e. The van der Waals surface area contributed by atoms with Crippen LogP contribution < -0.4 is 14.4 Å². The number of anilines is 1. The van der Waals surface area contributed by atoms with E-state index in [1.54, 1.807) is 25.3 Å². The van der Waals surface area contributed by atoms with E-state index in [1.807, 2.05) is 0 Å². The molecule has 2 aromatic carbocycles. The van der Waals surface area contributed by atoms with Crippen LogP contribution >= 0.6 is 11.6 Å². The molecule has 1 aliphatic rings. The second-order valence-corrected chi connectivity index (χ2v) is 6.93. The zero-order valence-electron chi connectivity index (χ0n) is 15.7. The van der Waals surface area contributed by atoms with Gasteiger partial charge in [0.15, 0.2) is 5.82 Å². The fourth-order valence-electron chi connectivity index (χ4n) is 3.29. The summed E-state index contributed by atoms with van der Waals surface area (Å²) in [6, 6.07) is 9.15. The lowest BCUT2D eigenvalue weighted by molar-refractivity contribution is -0.117. The maximum Gasteiger partial charge on any atom is 0.261 e. The Morgan fingerprint density at radius 3 is 2.79 bits per heavy atom.